The highest BCUT2D eigenvalue weighted by atomic mass is 16.4. The van der Waals surface area contributed by atoms with Gasteiger partial charge in [0.1, 0.15) is 0 Å². The molecule has 0 bridgehead atoms. The third kappa shape index (κ3) is 3.49. The van der Waals surface area contributed by atoms with Crippen LogP contribution in [-0.2, 0) is 11.2 Å². The Balaban J connectivity index is 1.45. The SMILES string of the molecule is Cc1cccc2c1CC(CCCC1CCC(C(=O)O)CC1)C2=O. The van der Waals surface area contributed by atoms with Crippen molar-refractivity contribution in [2.75, 3.05) is 0 Å². The van der Waals surface area contributed by atoms with Crippen LogP contribution in [0.5, 0.6) is 0 Å². The van der Waals surface area contributed by atoms with Crippen LogP contribution in [0.15, 0.2) is 18.2 Å². The molecule has 0 heterocycles. The molecule has 0 aromatic heterocycles. The van der Waals surface area contributed by atoms with Crippen molar-refractivity contribution in [3.8, 4) is 0 Å². The molecule has 3 heteroatoms. The number of fused-ring (bicyclic) bond motifs is 1. The van der Waals surface area contributed by atoms with Gasteiger partial charge in [-0.2, -0.15) is 0 Å². The fourth-order valence-corrected chi connectivity index (χ4v) is 4.35. The number of aliphatic carboxylic acids is 1. The van der Waals surface area contributed by atoms with Crippen molar-refractivity contribution < 1.29 is 14.7 Å². The second-order valence-electron chi connectivity index (χ2n) is 7.35. The minimum Gasteiger partial charge on any atom is -0.481 e. The zero-order valence-corrected chi connectivity index (χ0v) is 13.9. The maximum atomic E-state index is 12.5. The highest BCUT2D eigenvalue weighted by Crippen LogP contribution is 2.35. The largest absolute Gasteiger partial charge is 0.481 e. The van der Waals surface area contributed by atoms with Crippen LogP contribution in [-0.4, -0.2) is 16.9 Å². The Kier molecular flexibility index (Phi) is 4.84. The second-order valence-corrected chi connectivity index (χ2v) is 7.35. The molecule has 2 aliphatic carbocycles. The van der Waals surface area contributed by atoms with Crippen molar-refractivity contribution in [1.29, 1.82) is 0 Å². The Labute approximate surface area is 138 Å². The molecule has 1 fully saturated rings. The molecule has 1 unspecified atom stereocenters. The van der Waals surface area contributed by atoms with Crippen molar-refractivity contribution in [2.24, 2.45) is 17.8 Å². The molecule has 0 amide bonds. The third-order valence-electron chi connectivity index (χ3n) is 5.86. The van der Waals surface area contributed by atoms with Gasteiger partial charge in [-0.3, -0.25) is 9.59 Å². The van der Waals surface area contributed by atoms with Gasteiger partial charge in [0.15, 0.2) is 5.78 Å². The lowest BCUT2D eigenvalue weighted by molar-refractivity contribution is -0.143. The van der Waals surface area contributed by atoms with E-state index in [0.717, 1.165) is 56.9 Å². The average molecular weight is 314 g/mol. The number of benzene rings is 1. The summed E-state index contributed by atoms with van der Waals surface area (Å²) in [5, 5.41) is 9.04. The zero-order chi connectivity index (χ0) is 16.4. The molecular weight excluding hydrogens is 288 g/mol. The van der Waals surface area contributed by atoms with Crippen molar-refractivity contribution in [1.82, 2.24) is 0 Å². The van der Waals surface area contributed by atoms with Crippen molar-refractivity contribution in [2.45, 2.75) is 58.3 Å². The van der Waals surface area contributed by atoms with Gasteiger partial charge in [0.05, 0.1) is 5.92 Å². The summed E-state index contributed by atoms with van der Waals surface area (Å²) in [4.78, 5) is 23.5. The normalized spacial score (nSPS) is 27.0. The first-order chi connectivity index (χ1) is 11.1. The molecule has 3 nitrogen and oxygen atoms in total. The summed E-state index contributed by atoms with van der Waals surface area (Å²) < 4.78 is 0. The molecule has 1 N–H and O–H groups in total. The Hall–Kier alpha value is -1.64. The van der Waals surface area contributed by atoms with Crippen LogP contribution in [0.25, 0.3) is 0 Å². The number of aryl methyl sites for hydroxylation is 1. The average Bonchev–Trinajstić information content (AvgIpc) is 2.86. The molecule has 0 spiro atoms. The van der Waals surface area contributed by atoms with Crippen LogP contribution in [0.4, 0.5) is 0 Å². The molecule has 0 saturated heterocycles. The van der Waals surface area contributed by atoms with Gasteiger partial charge in [-0.25, -0.2) is 0 Å². The van der Waals surface area contributed by atoms with Gasteiger partial charge in [0.25, 0.3) is 0 Å². The van der Waals surface area contributed by atoms with Crippen LogP contribution in [0.1, 0.15) is 66.4 Å². The summed E-state index contributed by atoms with van der Waals surface area (Å²) in [6, 6.07) is 6.04. The topological polar surface area (TPSA) is 54.4 Å². The number of carboxylic acids is 1. The molecular formula is C20H26O3. The van der Waals surface area contributed by atoms with Gasteiger partial charge in [-0.1, -0.05) is 31.0 Å². The standard InChI is InChI=1S/C20H26O3/c1-13-4-2-7-17-18(13)12-16(19(17)21)6-3-5-14-8-10-15(11-9-14)20(22)23/h2,4,7,14-16H,3,5-6,8-12H2,1H3,(H,22,23). The molecule has 1 saturated carbocycles. The number of carbonyl (C=O) groups excluding carboxylic acids is 1. The van der Waals surface area contributed by atoms with E-state index in [2.05, 4.69) is 13.0 Å². The second kappa shape index (κ2) is 6.86. The van der Waals surface area contributed by atoms with Crippen molar-refractivity contribution >= 4 is 11.8 Å². The van der Waals surface area contributed by atoms with Crippen LogP contribution >= 0.6 is 0 Å². The summed E-state index contributed by atoms with van der Waals surface area (Å²) in [6.07, 6.45) is 7.85. The fourth-order valence-electron chi connectivity index (χ4n) is 4.35. The monoisotopic (exact) mass is 314 g/mol. The molecule has 23 heavy (non-hydrogen) atoms. The number of carboxylic acid groups (broad SMARTS) is 1. The lowest BCUT2D eigenvalue weighted by atomic mass is 9.79. The van der Waals surface area contributed by atoms with Gasteiger partial charge < -0.3 is 5.11 Å². The molecule has 1 aromatic rings. The Morgan fingerprint density at radius 1 is 1.17 bits per heavy atom. The Bertz CT molecular complexity index is 597. The number of Topliss-reactive ketones (excluding diaryl/α,β-unsaturated/α-hetero) is 1. The van der Waals surface area contributed by atoms with Crippen LogP contribution in [0.2, 0.25) is 0 Å². The number of carbonyl (C=O) groups is 2. The first-order valence-electron chi connectivity index (χ1n) is 8.91. The van der Waals surface area contributed by atoms with Crippen molar-refractivity contribution in [3.63, 3.8) is 0 Å². The Morgan fingerprint density at radius 2 is 1.91 bits per heavy atom. The minimum atomic E-state index is -0.631. The third-order valence-corrected chi connectivity index (χ3v) is 5.86. The highest BCUT2D eigenvalue weighted by molar-refractivity contribution is 6.02. The van der Waals surface area contributed by atoms with Crippen LogP contribution < -0.4 is 0 Å². The summed E-state index contributed by atoms with van der Waals surface area (Å²) in [7, 11) is 0. The van der Waals surface area contributed by atoms with Gasteiger partial charge in [-0.05, 0) is 62.5 Å². The predicted octanol–water partition coefficient (Wildman–Crippen LogP) is 4.41. The summed E-state index contributed by atoms with van der Waals surface area (Å²) >= 11 is 0. The van der Waals surface area contributed by atoms with E-state index in [0.29, 0.717) is 11.7 Å². The van der Waals surface area contributed by atoms with Crippen LogP contribution in [0.3, 0.4) is 0 Å². The molecule has 1 aromatic carbocycles. The number of ketones is 1. The highest BCUT2D eigenvalue weighted by Gasteiger charge is 2.31. The quantitative estimate of drug-likeness (QED) is 0.875. The van der Waals surface area contributed by atoms with Gasteiger partial charge in [-0.15, -0.1) is 0 Å². The van der Waals surface area contributed by atoms with Gasteiger partial charge >= 0.3 is 5.97 Å². The molecule has 2 aliphatic rings. The van der Waals surface area contributed by atoms with E-state index in [1.165, 1.54) is 11.1 Å². The van der Waals surface area contributed by atoms with E-state index in [4.69, 9.17) is 5.11 Å². The summed E-state index contributed by atoms with van der Waals surface area (Å²) in [5.41, 5.74) is 3.44. The molecule has 1 atom stereocenters. The molecule has 0 aliphatic heterocycles. The fraction of sp³-hybridized carbons (Fsp3) is 0.600. The molecule has 0 radical (unpaired) electrons. The van der Waals surface area contributed by atoms with Gasteiger partial charge in [0, 0.05) is 11.5 Å². The predicted molar refractivity (Wildman–Crippen MR) is 89.6 cm³/mol. The number of hydrogen-bond donors (Lipinski definition) is 1. The number of rotatable bonds is 5. The van der Waals surface area contributed by atoms with E-state index in [1.807, 2.05) is 12.1 Å². The van der Waals surface area contributed by atoms with E-state index in [1.54, 1.807) is 0 Å². The Morgan fingerprint density at radius 3 is 2.57 bits per heavy atom. The maximum absolute atomic E-state index is 12.5. The first-order valence-corrected chi connectivity index (χ1v) is 8.91. The molecule has 124 valence electrons. The lowest BCUT2D eigenvalue weighted by Gasteiger charge is -2.26. The molecule has 3 rings (SSSR count). The first kappa shape index (κ1) is 16.2. The van der Waals surface area contributed by atoms with Crippen molar-refractivity contribution in [3.05, 3.63) is 34.9 Å². The lowest BCUT2D eigenvalue weighted by Crippen LogP contribution is -2.21. The maximum Gasteiger partial charge on any atom is 0.306 e. The van der Waals surface area contributed by atoms with Crippen LogP contribution in [0, 0.1) is 24.7 Å². The minimum absolute atomic E-state index is 0.125. The summed E-state index contributed by atoms with van der Waals surface area (Å²) in [6.45, 7) is 2.09. The number of hydrogen-bond acceptors (Lipinski definition) is 2. The van der Waals surface area contributed by atoms with E-state index >= 15 is 0 Å². The van der Waals surface area contributed by atoms with E-state index in [9.17, 15) is 9.59 Å². The zero-order valence-electron chi connectivity index (χ0n) is 13.9. The van der Waals surface area contributed by atoms with E-state index in [-0.39, 0.29) is 11.8 Å². The summed E-state index contributed by atoms with van der Waals surface area (Å²) in [5.74, 6) is 0.402. The van der Waals surface area contributed by atoms with Gasteiger partial charge in [0.2, 0.25) is 0 Å². The van der Waals surface area contributed by atoms with E-state index < -0.39 is 5.97 Å². The smallest absolute Gasteiger partial charge is 0.306 e.